The van der Waals surface area contributed by atoms with E-state index in [-0.39, 0.29) is 18.1 Å². The van der Waals surface area contributed by atoms with Crippen LogP contribution in [0.4, 0.5) is 5.82 Å². The molecule has 8 heteroatoms. The fourth-order valence-electron chi connectivity index (χ4n) is 4.68. The van der Waals surface area contributed by atoms with E-state index in [1.807, 2.05) is 37.3 Å². The minimum atomic E-state index is -1.26. The molecule has 0 fully saturated rings. The van der Waals surface area contributed by atoms with Crippen LogP contribution in [0.15, 0.2) is 66.1 Å². The normalized spacial score (nSPS) is 13.9. The average Bonchev–Trinajstić information content (AvgIpc) is 2.92. The monoisotopic (exact) mass is 528 g/mol. The molecule has 2 aromatic carbocycles. The minimum Gasteiger partial charge on any atom is -0.488 e. The molecule has 2 heterocycles. The standard InChI is InChI=1S/C31H36N4O4/c1-5-38-30(26(17-32)31(36)37)34-28-11-7-10-27(33-28)25-9-6-8-21(4)29(25)39-19-22-12-13-24-18-35(20(2)3)15-14-23(24)16-22/h6-13,16-17,20,32H,5,14-15,18-19H2,1-4H3,(H,33,34)(H,36,37)/b30-26-,32-17?. The Balaban J connectivity index is 1.57. The Morgan fingerprint density at radius 2 is 1.97 bits per heavy atom. The SMILES string of the molecule is CCO/C(Nc1cccc(-c2cccc(C)c2OCc2ccc3c(c2)CCN(C(C)C)C3)n1)=C(/C=N)C(=O)O. The quantitative estimate of drug-likeness (QED) is 0.164. The molecule has 0 saturated carbocycles. The number of hydrogen-bond donors (Lipinski definition) is 3. The highest BCUT2D eigenvalue weighted by Crippen LogP contribution is 2.33. The van der Waals surface area contributed by atoms with Crippen molar-refractivity contribution >= 4 is 18.0 Å². The zero-order valence-electron chi connectivity index (χ0n) is 23.0. The van der Waals surface area contributed by atoms with Crippen LogP contribution in [-0.4, -0.2) is 46.4 Å². The number of carboxylic acids is 1. The predicted molar refractivity (Wildman–Crippen MR) is 153 cm³/mol. The largest absolute Gasteiger partial charge is 0.488 e. The van der Waals surface area contributed by atoms with E-state index in [2.05, 4.69) is 42.3 Å². The Kier molecular flexibility index (Phi) is 8.99. The molecule has 0 bridgehead atoms. The van der Waals surface area contributed by atoms with Gasteiger partial charge >= 0.3 is 5.97 Å². The third-order valence-electron chi connectivity index (χ3n) is 6.81. The summed E-state index contributed by atoms with van der Waals surface area (Å²) in [7, 11) is 0. The van der Waals surface area contributed by atoms with Crippen molar-refractivity contribution in [1.82, 2.24) is 9.88 Å². The summed E-state index contributed by atoms with van der Waals surface area (Å²) in [5, 5.41) is 19.8. The van der Waals surface area contributed by atoms with E-state index in [9.17, 15) is 9.90 Å². The van der Waals surface area contributed by atoms with Gasteiger partial charge in [0.1, 0.15) is 23.7 Å². The number of nitrogens with zero attached hydrogens (tertiary/aromatic N) is 2. The molecule has 3 aromatic rings. The number of carboxylic acid groups (broad SMARTS) is 1. The third kappa shape index (κ3) is 6.64. The maximum absolute atomic E-state index is 11.5. The van der Waals surface area contributed by atoms with Gasteiger partial charge in [-0.05, 0) is 74.6 Å². The molecule has 0 amide bonds. The van der Waals surface area contributed by atoms with E-state index in [1.165, 1.54) is 11.1 Å². The zero-order chi connectivity index (χ0) is 27.9. The smallest absolute Gasteiger partial charge is 0.342 e. The number of carbonyl (C=O) groups is 1. The Morgan fingerprint density at radius 1 is 1.18 bits per heavy atom. The number of rotatable bonds is 11. The molecule has 0 radical (unpaired) electrons. The van der Waals surface area contributed by atoms with Gasteiger partial charge in [-0.15, -0.1) is 0 Å². The van der Waals surface area contributed by atoms with Crippen LogP contribution in [0.3, 0.4) is 0 Å². The van der Waals surface area contributed by atoms with E-state index in [0.717, 1.165) is 48.2 Å². The fraction of sp³-hybridized carbons (Fsp3) is 0.323. The molecule has 204 valence electrons. The van der Waals surface area contributed by atoms with Gasteiger partial charge in [-0.25, -0.2) is 9.78 Å². The van der Waals surface area contributed by atoms with Gasteiger partial charge in [0.05, 0.1) is 12.3 Å². The lowest BCUT2D eigenvalue weighted by Crippen LogP contribution is -2.35. The molecule has 1 aliphatic rings. The summed E-state index contributed by atoms with van der Waals surface area (Å²) in [4.78, 5) is 18.7. The molecule has 0 unspecified atom stereocenters. The predicted octanol–water partition coefficient (Wildman–Crippen LogP) is 5.80. The number of aryl methyl sites for hydroxylation is 1. The van der Waals surface area contributed by atoms with Crippen LogP contribution in [-0.2, 0) is 29.1 Å². The number of aliphatic carboxylic acids is 1. The summed E-state index contributed by atoms with van der Waals surface area (Å²) in [6, 6.07) is 18.5. The summed E-state index contributed by atoms with van der Waals surface area (Å²) in [6.07, 6.45) is 1.79. The second-order valence-electron chi connectivity index (χ2n) is 9.82. The number of anilines is 1. The molecular weight excluding hydrogens is 492 g/mol. The highest BCUT2D eigenvalue weighted by atomic mass is 16.5. The molecule has 1 aromatic heterocycles. The summed E-state index contributed by atoms with van der Waals surface area (Å²) < 4.78 is 11.9. The van der Waals surface area contributed by atoms with Crippen molar-refractivity contribution in [2.75, 3.05) is 18.5 Å². The molecule has 39 heavy (non-hydrogen) atoms. The van der Waals surface area contributed by atoms with Gasteiger partial charge in [0.2, 0.25) is 5.88 Å². The lowest BCUT2D eigenvalue weighted by Gasteiger charge is -2.32. The number of aromatic nitrogens is 1. The first-order valence-electron chi connectivity index (χ1n) is 13.2. The Bertz CT molecular complexity index is 1380. The first kappa shape index (κ1) is 27.9. The minimum absolute atomic E-state index is 0.0331. The number of benzene rings is 2. The van der Waals surface area contributed by atoms with Gasteiger partial charge < -0.3 is 25.3 Å². The van der Waals surface area contributed by atoms with Gasteiger partial charge in [0, 0.05) is 30.9 Å². The van der Waals surface area contributed by atoms with Crippen molar-refractivity contribution in [1.29, 1.82) is 5.41 Å². The molecule has 0 spiro atoms. The summed E-state index contributed by atoms with van der Waals surface area (Å²) in [6.45, 7) is 11.0. The van der Waals surface area contributed by atoms with Gasteiger partial charge in [0.15, 0.2) is 0 Å². The number of hydrogen-bond acceptors (Lipinski definition) is 7. The van der Waals surface area contributed by atoms with Crippen molar-refractivity contribution in [2.45, 2.75) is 53.3 Å². The van der Waals surface area contributed by atoms with Crippen molar-refractivity contribution in [3.63, 3.8) is 0 Å². The van der Waals surface area contributed by atoms with Crippen LogP contribution >= 0.6 is 0 Å². The van der Waals surface area contributed by atoms with E-state index in [4.69, 9.17) is 19.9 Å². The fourth-order valence-corrected chi connectivity index (χ4v) is 4.68. The first-order valence-corrected chi connectivity index (χ1v) is 13.2. The van der Waals surface area contributed by atoms with Crippen LogP contribution in [0.1, 0.15) is 43.0 Å². The van der Waals surface area contributed by atoms with Gasteiger partial charge in [-0.1, -0.05) is 36.4 Å². The summed E-state index contributed by atoms with van der Waals surface area (Å²) in [5.74, 6) is -0.147. The van der Waals surface area contributed by atoms with Crippen LogP contribution in [0.5, 0.6) is 5.75 Å². The van der Waals surface area contributed by atoms with Crippen LogP contribution in [0.25, 0.3) is 11.3 Å². The van der Waals surface area contributed by atoms with E-state index in [1.54, 1.807) is 13.0 Å². The third-order valence-corrected chi connectivity index (χ3v) is 6.81. The lowest BCUT2D eigenvalue weighted by atomic mass is 9.96. The average molecular weight is 529 g/mol. The Hall–Kier alpha value is -4.17. The highest BCUT2D eigenvalue weighted by molar-refractivity contribution is 6.08. The molecule has 0 saturated heterocycles. The van der Waals surface area contributed by atoms with Gasteiger partial charge in [0.25, 0.3) is 0 Å². The number of ether oxygens (including phenoxy) is 2. The molecular formula is C31H36N4O4. The Labute approximate surface area is 229 Å². The topological polar surface area (TPSA) is 108 Å². The van der Waals surface area contributed by atoms with Crippen LogP contribution < -0.4 is 10.1 Å². The maximum atomic E-state index is 11.5. The molecule has 0 atom stereocenters. The van der Waals surface area contributed by atoms with Gasteiger partial charge in [-0.3, -0.25) is 4.90 Å². The molecule has 0 aliphatic carbocycles. The summed E-state index contributed by atoms with van der Waals surface area (Å²) in [5.41, 5.74) is 6.11. The van der Waals surface area contributed by atoms with E-state index >= 15 is 0 Å². The summed E-state index contributed by atoms with van der Waals surface area (Å²) >= 11 is 0. The second kappa shape index (κ2) is 12.6. The first-order chi connectivity index (χ1) is 18.8. The number of fused-ring (bicyclic) bond motifs is 1. The number of para-hydroxylation sites is 1. The van der Waals surface area contributed by atoms with Crippen molar-refractivity contribution in [3.8, 4) is 17.0 Å². The lowest BCUT2D eigenvalue weighted by molar-refractivity contribution is -0.132. The van der Waals surface area contributed by atoms with Crippen molar-refractivity contribution < 1.29 is 19.4 Å². The van der Waals surface area contributed by atoms with Gasteiger partial charge in [-0.2, -0.15) is 0 Å². The Morgan fingerprint density at radius 3 is 2.69 bits per heavy atom. The second-order valence-corrected chi connectivity index (χ2v) is 9.82. The van der Waals surface area contributed by atoms with E-state index in [0.29, 0.717) is 24.2 Å². The zero-order valence-corrected chi connectivity index (χ0v) is 23.0. The van der Waals surface area contributed by atoms with Crippen LogP contribution in [0.2, 0.25) is 0 Å². The van der Waals surface area contributed by atoms with Crippen molar-refractivity contribution in [3.05, 3.63) is 88.3 Å². The molecule has 3 N–H and O–H groups in total. The van der Waals surface area contributed by atoms with Crippen LogP contribution in [0, 0.1) is 12.3 Å². The number of nitrogens with one attached hydrogen (secondary N) is 2. The number of pyridine rings is 1. The molecule has 8 nitrogen and oxygen atoms in total. The van der Waals surface area contributed by atoms with E-state index < -0.39 is 5.97 Å². The van der Waals surface area contributed by atoms with Crippen molar-refractivity contribution in [2.24, 2.45) is 0 Å². The molecule has 1 aliphatic heterocycles. The maximum Gasteiger partial charge on any atom is 0.342 e. The molecule has 4 rings (SSSR count). The highest BCUT2D eigenvalue weighted by Gasteiger charge is 2.19.